The van der Waals surface area contributed by atoms with E-state index < -0.39 is 0 Å². The summed E-state index contributed by atoms with van der Waals surface area (Å²) in [5.41, 5.74) is 3.04. The second kappa shape index (κ2) is 6.45. The third-order valence-corrected chi connectivity index (χ3v) is 4.80. The predicted molar refractivity (Wildman–Crippen MR) is 102 cm³/mol. The van der Waals surface area contributed by atoms with Crippen molar-refractivity contribution < 1.29 is 0 Å². The van der Waals surface area contributed by atoms with Crippen LogP contribution in [0.2, 0.25) is 0 Å². The summed E-state index contributed by atoms with van der Waals surface area (Å²) in [6.45, 7) is 2.03. The first kappa shape index (κ1) is 15.5. The minimum Gasteiger partial charge on any atom is -0.266 e. The van der Waals surface area contributed by atoms with Crippen LogP contribution in [0.5, 0.6) is 0 Å². The molecule has 25 heavy (non-hydrogen) atoms. The molecule has 0 bridgehead atoms. The molecule has 0 aliphatic rings. The van der Waals surface area contributed by atoms with Gasteiger partial charge in [0, 0.05) is 5.56 Å². The van der Waals surface area contributed by atoms with Crippen LogP contribution in [0, 0.1) is 6.92 Å². The van der Waals surface area contributed by atoms with Gasteiger partial charge in [-0.05, 0) is 18.6 Å². The average molecular weight is 345 g/mol. The van der Waals surface area contributed by atoms with E-state index in [1.807, 2.05) is 79.7 Å². The van der Waals surface area contributed by atoms with E-state index in [4.69, 9.17) is 0 Å². The minimum atomic E-state index is -0.136. The number of rotatable bonds is 3. The third kappa shape index (κ3) is 3.14. The number of hydrogen-bond acceptors (Lipinski definition) is 4. The molecule has 0 atom stereocenters. The zero-order valence-electron chi connectivity index (χ0n) is 13.6. The van der Waals surface area contributed by atoms with Gasteiger partial charge in [0.05, 0.1) is 4.53 Å². The lowest BCUT2D eigenvalue weighted by Gasteiger charge is -1.94. The van der Waals surface area contributed by atoms with Crippen molar-refractivity contribution in [1.29, 1.82) is 0 Å². The summed E-state index contributed by atoms with van der Waals surface area (Å²) < 4.78 is 2.00. The van der Waals surface area contributed by atoms with E-state index in [0.29, 0.717) is 15.3 Å². The molecular formula is C20H15N3OS. The number of allylic oxidation sites excluding steroid dienone is 1. The molecule has 0 radical (unpaired) electrons. The molecular weight excluding hydrogens is 330 g/mol. The van der Waals surface area contributed by atoms with Crippen molar-refractivity contribution >= 4 is 28.4 Å². The largest absolute Gasteiger partial charge is 0.291 e. The Hall–Kier alpha value is -3.05. The fourth-order valence-corrected chi connectivity index (χ4v) is 3.34. The van der Waals surface area contributed by atoms with Gasteiger partial charge in [0.1, 0.15) is 0 Å². The molecule has 0 N–H and O–H groups in total. The van der Waals surface area contributed by atoms with E-state index in [0.717, 1.165) is 11.1 Å². The predicted octanol–water partition coefficient (Wildman–Crippen LogP) is 3.34. The first-order valence-electron chi connectivity index (χ1n) is 7.91. The zero-order valence-corrected chi connectivity index (χ0v) is 14.4. The Morgan fingerprint density at radius 2 is 1.80 bits per heavy atom. The molecule has 4 aromatic rings. The van der Waals surface area contributed by atoms with Crippen molar-refractivity contribution in [3.63, 3.8) is 0 Å². The van der Waals surface area contributed by atoms with Crippen LogP contribution in [-0.4, -0.2) is 14.6 Å². The van der Waals surface area contributed by atoms with Gasteiger partial charge in [0.15, 0.2) is 5.82 Å². The summed E-state index contributed by atoms with van der Waals surface area (Å²) in [6, 6.07) is 17.9. The standard InChI is InChI=1S/C20H15N3OS/c1-14-10-12-16(13-11-14)18-21-20-23(22-18)19(24)17(25-20)9-5-8-15-6-3-2-4-7-15/h2-13H,1H3/b8-5+,17-9-. The van der Waals surface area contributed by atoms with Crippen LogP contribution in [0.1, 0.15) is 11.1 Å². The zero-order chi connectivity index (χ0) is 17.2. The van der Waals surface area contributed by atoms with Crippen LogP contribution < -0.4 is 10.1 Å². The molecule has 0 spiro atoms. The number of thiazole rings is 1. The summed E-state index contributed by atoms with van der Waals surface area (Å²) in [7, 11) is 0. The lowest BCUT2D eigenvalue weighted by Crippen LogP contribution is -2.23. The molecule has 0 saturated carbocycles. The fourth-order valence-electron chi connectivity index (χ4n) is 2.48. The maximum atomic E-state index is 12.5. The Kier molecular flexibility index (Phi) is 3.99. The quantitative estimate of drug-likeness (QED) is 0.572. The van der Waals surface area contributed by atoms with Gasteiger partial charge in [0.25, 0.3) is 5.56 Å². The molecule has 0 unspecified atom stereocenters. The molecule has 2 aromatic carbocycles. The maximum Gasteiger partial charge on any atom is 0.291 e. The number of aryl methyl sites for hydroxylation is 1. The van der Waals surface area contributed by atoms with Gasteiger partial charge < -0.3 is 0 Å². The van der Waals surface area contributed by atoms with Crippen LogP contribution in [0.3, 0.4) is 0 Å². The van der Waals surface area contributed by atoms with Crippen LogP contribution in [0.15, 0.2) is 65.5 Å². The van der Waals surface area contributed by atoms with E-state index >= 15 is 0 Å². The van der Waals surface area contributed by atoms with Crippen molar-refractivity contribution in [2.75, 3.05) is 0 Å². The van der Waals surface area contributed by atoms with Gasteiger partial charge in [-0.15, -0.1) is 5.10 Å². The fraction of sp³-hybridized carbons (Fsp3) is 0.0500. The number of nitrogens with zero attached hydrogens (tertiary/aromatic N) is 3. The Bertz CT molecular complexity index is 1160. The van der Waals surface area contributed by atoms with Crippen molar-refractivity contribution in [1.82, 2.24) is 14.6 Å². The van der Waals surface area contributed by atoms with Gasteiger partial charge in [-0.25, -0.2) is 0 Å². The van der Waals surface area contributed by atoms with Crippen LogP contribution in [0.25, 0.3) is 28.5 Å². The van der Waals surface area contributed by atoms with Crippen LogP contribution in [-0.2, 0) is 0 Å². The molecule has 4 nitrogen and oxygen atoms in total. The van der Waals surface area contributed by atoms with Gasteiger partial charge >= 0.3 is 0 Å². The molecule has 5 heteroatoms. The normalized spacial score (nSPS) is 12.4. The first-order chi connectivity index (χ1) is 12.2. The van der Waals surface area contributed by atoms with Crippen molar-refractivity contribution in [2.45, 2.75) is 6.92 Å². The molecule has 2 heterocycles. The molecule has 4 rings (SSSR count). The summed E-state index contributed by atoms with van der Waals surface area (Å²) in [5, 5.41) is 4.36. The number of aromatic nitrogens is 3. The summed E-state index contributed by atoms with van der Waals surface area (Å²) >= 11 is 1.35. The van der Waals surface area contributed by atoms with Crippen molar-refractivity contribution in [3.8, 4) is 11.4 Å². The molecule has 122 valence electrons. The molecule has 0 fully saturated rings. The van der Waals surface area contributed by atoms with E-state index in [-0.39, 0.29) is 5.56 Å². The smallest absolute Gasteiger partial charge is 0.266 e. The molecule has 0 aliphatic heterocycles. The Morgan fingerprint density at radius 3 is 2.52 bits per heavy atom. The summed E-state index contributed by atoms with van der Waals surface area (Å²) in [4.78, 5) is 17.6. The topological polar surface area (TPSA) is 47.3 Å². The Morgan fingerprint density at radius 1 is 1.04 bits per heavy atom. The summed E-state index contributed by atoms with van der Waals surface area (Å²) in [5.74, 6) is 0.578. The highest BCUT2D eigenvalue weighted by Gasteiger charge is 2.11. The van der Waals surface area contributed by atoms with Crippen molar-refractivity contribution in [3.05, 3.63) is 86.7 Å². The van der Waals surface area contributed by atoms with Crippen LogP contribution >= 0.6 is 11.3 Å². The molecule has 0 saturated heterocycles. The highest BCUT2D eigenvalue weighted by molar-refractivity contribution is 7.15. The van der Waals surface area contributed by atoms with E-state index in [9.17, 15) is 4.79 Å². The van der Waals surface area contributed by atoms with Gasteiger partial charge in [-0.1, -0.05) is 83.6 Å². The SMILES string of the molecule is Cc1ccc(-c2nc3s/c(=C\C=C\c4ccccc4)c(=O)n3n2)cc1. The summed E-state index contributed by atoms with van der Waals surface area (Å²) in [6.07, 6.45) is 5.65. The highest BCUT2D eigenvalue weighted by Crippen LogP contribution is 2.16. The second-order valence-corrected chi connectivity index (χ2v) is 6.71. The van der Waals surface area contributed by atoms with Gasteiger partial charge in [-0.3, -0.25) is 4.79 Å². The lowest BCUT2D eigenvalue weighted by atomic mass is 10.1. The van der Waals surface area contributed by atoms with Crippen LogP contribution in [0.4, 0.5) is 0 Å². The first-order valence-corrected chi connectivity index (χ1v) is 8.72. The van der Waals surface area contributed by atoms with E-state index in [1.165, 1.54) is 21.4 Å². The monoisotopic (exact) mass is 345 g/mol. The number of benzene rings is 2. The molecule has 0 amide bonds. The molecule has 0 aliphatic carbocycles. The van der Waals surface area contributed by atoms with Gasteiger partial charge in [-0.2, -0.15) is 9.50 Å². The maximum absolute atomic E-state index is 12.5. The number of hydrogen-bond donors (Lipinski definition) is 0. The minimum absolute atomic E-state index is 0.136. The van der Waals surface area contributed by atoms with E-state index in [1.54, 1.807) is 0 Å². The lowest BCUT2D eigenvalue weighted by molar-refractivity contribution is 0.937. The van der Waals surface area contributed by atoms with Gasteiger partial charge in [0.2, 0.25) is 4.96 Å². The highest BCUT2D eigenvalue weighted by atomic mass is 32.1. The van der Waals surface area contributed by atoms with E-state index in [2.05, 4.69) is 10.1 Å². The van der Waals surface area contributed by atoms with Crippen molar-refractivity contribution in [2.24, 2.45) is 0 Å². The molecule has 2 aromatic heterocycles. The Balaban J connectivity index is 1.68. The number of fused-ring (bicyclic) bond motifs is 1. The third-order valence-electron chi connectivity index (χ3n) is 3.83. The second-order valence-electron chi connectivity index (χ2n) is 5.70. The average Bonchev–Trinajstić information content (AvgIpc) is 3.17. The Labute approximate surface area is 148 Å².